The summed E-state index contributed by atoms with van der Waals surface area (Å²) in [7, 11) is 3.81. The second kappa shape index (κ2) is 11.6. The number of hydrogen-bond acceptors (Lipinski definition) is 7. The molecular weight excluding hydrogens is 450 g/mol. The highest BCUT2D eigenvalue weighted by Crippen LogP contribution is 2.40. The Morgan fingerprint density at radius 2 is 1.86 bits per heavy atom. The van der Waals surface area contributed by atoms with Crippen molar-refractivity contribution in [3.8, 4) is 5.75 Å². The Bertz CT molecular complexity index is 1110. The molecule has 0 aliphatic carbocycles. The van der Waals surface area contributed by atoms with E-state index in [-0.39, 0.29) is 23.6 Å². The molecule has 1 fully saturated rings. The van der Waals surface area contributed by atoms with E-state index in [1.807, 2.05) is 19.0 Å². The lowest BCUT2D eigenvalue weighted by Gasteiger charge is -2.25. The van der Waals surface area contributed by atoms with Gasteiger partial charge in [-0.2, -0.15) is 0 Å². The molecule has 186 valence electrons. The molecule has 35 heavy (non-hydrogen) atoms. The number of carbonyl (C=O) groups excluding carboxylic acids is 2. The number of non-ortho nitro benzene ring substituents is 1. The molecule has 1 amide bonds. The van der Waals surface area contributed by atoms with Crippen LogP contribution in [-0.2, 0) is 9.59 Å². The number of nitro groups is 1. The van der Waals surface area contributed by atoms with Crippen molar-refractivity contribution < 1.29 is 24.4 Å². The molecular formula is C26H31N3O6. The molecule has 1 N–H and O–H groups in total. The summed E-state index contributed by atoms with van der Waals surface area (Å²) in [6.45, 7) is 3.59. The fraction of sp³-hybridized carbons (Fsp3) is 0.385. The first-order chi connectivity index (χ1) is 16.7. The van der Waals surface area contributed by atoms with Crippen LogP contribution in [-0.4, -0.2) is 65.3 Å². The minimum absolute atomic E-state index is 0.0833. The SMILES string of the molecule is CCCCOc1ccc(/C(O)=C2\C(=O)C(=O)N(CCCN(C)C)C2c2cccc([N+](=O)[O-])c2)cc1. The predicted molar refractivity (Wildman–Crippen MR) is 132 cm³/mol. The first kappa shape index (κ1) is 25.9. The third-order valence-electron chi connectivity index (χ3n) is 5.84. The van der Waals surface area contributed by atoms with Crippen molar-refractivity contribution in [2.75, 3.05) is 33.8 Å². The number of ether oxygens (including phenoxy) is 1. The van der Waals surface area contributed by atoms with Crippen molar-refractivity contribution in [1.82, 2.24) is 9.80 Å². The van der Waals surface area contributed by atoms with E-state index in [9.17, 15) is 24.8 Å². The van der Waals surface area contributed by atoms with Gasteiger partial charge in [-0.1, -0.05) is 25.5 Å². The van der Waals surface area contributed by atoms with Crippen molar-refractivity contribution in [3.05, 3.63) is 75.3 Å². The summed E-state index contributed by atoms with van der Waals surface area (Å²) in [5.41, 5.74) is 0.508. The standard InChI is InChI=1S/C26H31N3O6/c1-4-5-16-35-21-12-10-18(11-13-21)24(30)22-23(19-8-6-9-20(17-19)29(33)34)28(26(32)25(22)31)15-7-14-27(2)3/h6,8-13,17,23,30H,4-5,7,14-16H2,1-3H3/b24-22+. The summed E-state index contributed by atoms with van der Waals surface area (Å²) in [6.07, 6.45) is 2.52. The van der Waals surface area contributed by atoms with E-state index in [4.69, 9.17) is 4.74 Å². The van der Waals surface area contributed by atoms with Crippen LogP contribution in [0.1, 0.15) is 43.4 Å². The van der Waals surface area contributed by atoms with E-state index < -0.39 is 22.7 Å². The Morgan fingerprint density at radius 1 is 1.14 bits per heavy atom. The van der Waals surface area contributed by atoms with Crippen molar-refractivity contribution in [2.24, 2.45) is 0 Å². The molecule has 1 saturated heterocycles. The second-order valence-electron chi connectivity index (χ2n) is 8.73. The van der Waals surface area contributed by atoms with Gasteiger partial charge in [-0.25, -0.2) is 0 Å². The molecule has 2 aromatic carbocycles. The molecule has 1 atom stereocenters. The fourth-order valence-electron chi connectivity index (χ4n) is 4.02. The molecule has 9 heteroatoms. The molecule has 2 aromatic rings. The minimum Gasteiger partial charge on any atom is -0.507 e. The van der Waals surface area contributed by atoms with Gasteiger partial charge in [-0.15, -0.1) is 0 Å². The third kappa shape index (κ3) is 6.05. The van der Waals surface area contributed by atoms with Gasteiger partial charge in [0, 0.05) is 24.2 Å². The predicted octanol–water partition coefficient (Wildman–Crippen LogP) is 4.15. The van der Waals surface area contributed by atoms with Gasteiger partial charge in [0.1, 0.15) is 11.5 Å². The van der Waals surface area contributed by atoms with Gasteiger partial charge in [0.05, 0.1) is 23.1 Å². The number of rotatable bonds is 11. The van der Waals surface area contributed by atoms with Gasteiger partial charge in [-0.3, -0.25) is 19.7 Å². The smallest absolute Gasteiger partial charge is 0.295 e. The average molecular weight is 482 g/mol. The summed E-state index contributed by atoms with van der Waals surface area (Å²) >= 11 is 0. The fourth-order valence-corrected chi connectivity index (χ4v) is 4.02. The molecule has 0 radical (unpaired) electrons. The molecule has 9 nitrogen and oxygen atoms in total. The number of amides is 1. The number of ketones is 1. The van der Waals surface area contributed by atoms with Crippen LogP contribution in [0.25, 0.3) is 5.76 Å². The van der Waals surface area contributed by atoms with Crippen LogP contribution in [0.5, 0.6) is 5.75 Å². The Balaban J connectivity index is 2.03. The van der Waals surface area contributed by atoms with E-state index >= 15 is 0 Å². The lowest BCUT2D eigenvalue weighted by molar-refractivity contribution is -0.384. The zero-order valence-corrected chi connectivity index (χ0v) is 20.3. The van der Waals surface area contributed by atoms with Crippen LogP contribution < -0.4 is 4.74 Å². The van der Waals surface area contributed by atoms with Gasteiger partial charge >= 0.3 is 0 Å². The molecule has 0 bridgehead atoms. The Labute approximate surface area is 204 Å². The maximum absolute atomic E-state index is 13.1. The highest BCUT2D eigenvalue weighted by Gasteiger charge is 2.46. The molecule has 3 rings (SSSR count). The molecule has 1 aliphatic rings. The number of nitro benzene ring substituents is 1. The largest absolute Gasteiger partial charge is 0.507 e. The summed E-state index contributed by atoms with van der Waals surface area (Å²) in [6, 6.07) is 11.5. The van der Waals surface area contributed by atoms with Crippen LogP contribution in [0.2, 0.25) is 0 Å². The molecule has 0 spiro atoms. The number of aliphatic hydroxyl groups excluding tert-OH is 1. The number of aliphatic hydroxyl groups is 1. The molecule has 1 aliphatic heterocycles. The van der Waals surface area contributed by atoms with Crippen LogP contribution in [0.3, 0.4) is 0 Å². The molecule has 0 saturated carbocycles. The number of carbonyl (C=O) groups is 2. The number of nitrogens with zero attached hydrogens (tertiary/aromatic N) is 3. The Kier molecular flexibility index (Phi) is 8.59. The monoisotopic (exact) mass is 481 g/mol. The Morgan fingerprint density at radius 3 is 2.49 bits per heavy atom. The van der Waals surface area contributed by atoms with Gasteiger partial charge in [0.15, 0.2) is 0 Å². The van der Waals surface area contributed by atoms with Gasteiger partial charge in [0.25, 0.3) is 17.4 Å². The molecule has 1 unspecified atom stereocenters. The highest BCUT2D eigenvalue weighted by atomic mass is 16.6. The number of Topliss-reactive ketones (excluding diaryl/α,β-unsaturated/α-hetero) is 1. The van der Waals surface area contributed by atoms with Crippen LogP contribution >= 0.6 is 0 Å². The third-order valence-corrected chi connectivity index (χ3v) is 5.84. The van der Waals surface area contributed by atoms with Gasteiger partial charge < -0.3 is 19.6 Å². The van der Waals surface area contributed by atoms with E-state index in [1.165, 1.54) is 23.1 Å². The lowest BCUT2D eigenvalue weighted by atomic mass is 9.95. The first-order valence-electron chi connectivity index (χ1n) is 11.6. The summed E-state index contributed by atoms with van der Waals surface area (Å²) in [4.78, 5) is 40.3. The first-order valence-corrected chi connectivity index (χ1v) is 11.6. The van der Waals surface area contributed by atoms with Crippen LogP contribution in [0.15, 0.2) is 54.1 Å². The van der Waals surface area contributed by atoms with Gasteiger partial charge in [0.2, 0.25) is 0 Å². The zero-order valence-electron chi connectivity index (χ0n) is 20.3. The maximum Gasteiger partial charge on any atom is 0.295 e. The summed E-state index contributed by atoms with van der Waals surface area (Å²) < 4.78 is 5.66. The number of likely N-dealkylation sites (tertiary alicyclic amines) is 1. The average Bonchev–Trinajstić information content (AvgIpc) is 3.09. The van der Waals surface area contributed by atoms with Crippen molar-refractivity contribution in [1.29, 1.82) is 0 Å². The van der Waals surface area contributed by atoms with E-state index in [2.05, 4.69) is 6.92 Å². The van der Waals surface area contributed by atoms with E-state index in [1.54, 1.807) is 30.3 Å². The molecule has 0 aromatic heterocycles. The normalized spacial score (nSPS) is 17.3. The topological polar surface area (TPSA) is 113 Å². The summed E-state index contributed by atoms with van der Waals surface area (Å²) in [5.74, 6) is -1.24. The quantitative estimate of drug-likeness (QED) is 0.128. The zero-order chi connectivity index (χ0) is 25.5. The molecule has 1 heterocycles. The van der Waals surface area contributed by atoms with Crippen LogP contribution in [0.4, 0.5) is 5.69 Å². The minimum atomic E-state index is -0.933. The number of unbranched alkanes of at least 4 members (excludes halogenated alkanes) is 1. The highest BCUT2D eigenvalue weighted by molar-refractivity contribution is 6.46. The van der Waals surface area contributed by atoms with Crippen molar-refractivity contribution in [3.63, 3.8) is 0 Å². The second-order valence-corrected chi connectivity index (χ2v) is 8.73. The maximum atomic E-state index is 13.1. The van der Waals surface area contributed by atoms with E-state index in [0.717, 1.165) is 12.8 Å². The number of benzene rings is 2. The van der Waals surface area contributed by atoms with E-state index in [0.29, 0.717) is 36.4 Å². The van der Waals surface area contributed by atoms with Gasteiger partial charge in [-0.05, 0) is 63.3 Å². The summed E-state index contributed by atoms with van der Waals surface area (Å²) in [5, 5.41) is 22.5. The Hall–Kier alpha value is -3.72. The van der Waals surface area contributed by atoms with Crippen molar-refractivity contribution in [2.45, 2.75) is 32.2 Å². The lowest BCUT2D eigenvalue weighted by Crippen LogP contribution is -2.32. The number of hydrogen-bond donors (Lipinski definition) is 1. The van der Waals surface area contributed by atoms with Crippen molar-refractivity contribution >= 4 is 23.1 Å². The van der Waals surface area contributed by atoms with Crippen LogP contribution in [0, 0.1) is 10.1 Å².